The largest absolute Gasteiger partial charge is 0.451 e. The zero-order chi connectivity index (χ0) is 19.4. The van der Waals surface area contributed by atoms with Gasteiger partial charge >= 0.3 is 0 Å². The van der Waals surface area contributed by atoms with Gasteiger partial charge in [-0.15, -0.1) is 0 Å². The molecule has 0 spiro atoms. The highest BCUT2D eigenvalue weighted by molar-refractivity contribution is 6.33. The average Bonchev–Trinajstić information content (AvgIpc) is 3.14. The first-order valence-corrected chi connectivity index (χ1v) is 8.82. The molecular formula is C21H19ClN2O3. The second-order valence-corrected chi connectivity index (χ2v) is 6.53. The van der Waals surface area contributed by atoms with E-state index >= 15 is 0 Å². The lowest BCUT2D eigenvalue weighted by molar-refractivity contribution is -0.115. The molecule has 3 aromatic rings. The number of amides is 2. The van der Waals surface area contributed by atoms with Crippen LogP contribution in [0.1, 0.15) is 21.7 Å². The predicted octanol–water partition coefficient (Wildman–Crippen LogP) is 4.59. The van der Waals surface area contributed by atoms with Gasteiger partial charge in [0.2, 0.25) is 5.91 Å². The van der Waals surface area contributed by atoms with E-state index in [1.54, 1.807) is 24.3 Å². The number of carbonyl (C=O) groups excluding carboxylic acids is 2. The summed E-state index contributed by atoms with van der Waals surface area (Å²) in [5.74, 6) is -0.172. The van der Waals surface area contributed by atoms with Gasteiger partial charge in [0.15, 0.2) is 5.76 Å². The lowest BCUT2D eigenvalue weighted by atomic mass is 10.1. The lowest BCUT2D eigenvalue weighted by Gasteiger charge is -2.10. The second-order valence-electron chi connectivity index (χ2n) is 6.12. The fraction of sp³-hybridized carbons (Fsp3) is 0.143. The Balaban J connectivity index is 1.60. The quantitative estimate of drug-likeness (QED) is 0.678. The Morgan fingerprint density at radius 2 is 1.78 bits per heavy atom. The van der Waals surface area contributed by atoms with Crippen LogP contribution in [0.25, 0.3) is 11.3 Å². The summed E-state index contributed by atoms with van der Waals surface area (Å²) >= 11 is 6.14. The first-order valence-electron chi connectivity index (χ1n) is 8.44. The summed E-state index contributed by atoms with van der Waals surface area (Å²) < 4.78 is 5.57. The van der Waals surface area contributed by atoms with Gasteiger partial charge in [-0.1, -0.05) is 35.9 Å². The monoisotopic (exact) mass is 382 g/mol. The molecule has 0 aliphatic carbocycles. The standard InChI is InChI=1S/C21H19ClN2O3/c1-13-6-5-9-17(14(13)2)24-20(25)12-23-21(26)19-11-10-18(27-19)15-7-3-4-8-16(15)22/h3-11H,12H2,1-2H3,(H,23,26)(H,24,25). The first-order chi connectivity index (χ1) is 13.0. The van der Waals surface area contributed by atoms with E-state index in [9.17, 15) is 9.59 Å². The Kier molecular flexibility index (Phi) is 5.62. The average molecular weight is 383 g/mol. The van der Waals surface area contributed by atoms with Gasteiger partial charge in [0, 0.05) is 11.3 Å². The van der Waals surface area contributed by atoms with E-state index in [-0.39, 0.29) is 18.2 Å². The van der Waals surface area contributed by atoms with Crippen molar-refractivity contribution in [3.05, 3.63) is 76.5 Å². The molecule has 27 heavy (non-hydrogen) atoms. The molecule has 0 aliphatic heterocycles. The van der Waals surface area contributed by atoms with Crippen molar-refractivity contribution in [2.45, 2.75) is 13.8 Å². The molecule has 138 valence electrons. The van der Waals surface area contributed by atoms with Crippen LogP contribution in [0.4, 0.5) is 5.69 Å². The molecule has 0 radical (unpaired) electrons. The third-order valence-corrected chi connectivity index (χ3v) is 4.59. The van der Waals surface area contributed by atoms with Gasteiger partial charge in [0.25, 0.3) is 5.91 Å². The molecule has 1 heterocycles. The van der Waals surface area contributed by atoms with Crippen LogP contribution in [0.5, 0.6) is 0 Å². The van der Waals surface area contributed by atoms with Gasteiger partial charge in [-0.25, -0.2) is 0 Å². The minimum absolute atomic E-state index is 0.115. The van der Waals surface area contributed by atoms with Crippen molar-refractivity contribution >= 4 is 29.1 Å². The third-order valence-electron chi connectivity index (χ3n) is 4.26. The third kappa shape index (κ3) is 4.38. The number of aryl methyl sites for hydroxylation is 1. The fourth-order valence-corrected chi connectivity index (χ4v) is 2.82. The maximum atomic E-state index is 12.2. The zero-order valence-electron chi connectivity index (χ0n) is 15.0. The smallest absolute Gasteiger partial charge is 0.287 e. The Hall–Kier alpha value is -3.05. The van der Waals surface area contributed by atoms with Gasteiger partial charge in [-0.3, -0.25) is 9.59 Å². The molecule has 0 saturated heterocycles. The Morgan fingerprint density at radius 1 is 1.00 bits per heavy atom. The SMILES string of the molecule is Cc1cccc(NC(=O)CNC(=O)c2ccc(-c3ccccc3Cl)o2)c1C. The van der Waals surface area contributed by atoms with Crippen LogP contribution >= 0.6 is 11.6 Å². The maximum absolute atomic E-state index is 12.2. The number of furan rings is 1. The molecule has 3 rings (SSSR count). The Labute approximate surface area is 162 Å². The van der Waals surface area contributed by atoms with Crippen LogP contribution in [0.2, 0.25) is 5.02 Å². The van der Waals surface area contributed by atoms with Crippen molar-refractivity contribution in [1.29, 1.82) is 0 Å². The van der Waals surface area contributed by atoms with Crippen LogP contribution in [-0.2, 0) is 4.79 Å². The van der Waals surface area contributed by atoms with Crippen molar-refractivity contribution in [2.24, 2.45) is 0 Å². The number of carbonyl (C=O) groups is 2. The molecule has 0 atom stereocenters. The molecule has 0 unspecified atom stereocenters. The van der Waals surface area contributed by atoms with Crippen molar-refractivity contribution < 1.29 is 14.0 Å². The van der Waals surface area contributed by atoms with Gasteiger partial charge in [-0.05, 0) is 55.3 Å². The van der Waals surface area contributed by atoms with Crippen molar-refractivity contribution in [2.75, 3.05) is 11.9 Å². The van der Waals surface area contributed by atoms with Gasteiger partial charge < -0.3 is 15.1 Å². The van der Waals surface area contributed by atoms with Crippen LogP contribution in [0.15, 0.2) is 59.0 Å². The number of anilines is 1. The lowest BCUT2D eigenvalue weighted by Crippen LogP contribution is -2.32. The molecule has 0 fully saturated rings. The van der Waals surface area contributed by atoms with Gasteiger partial charge in [0.1, 0.15) is 5.76 Å². The van der Waals surface area contributed by atoms with Crippen LogP contribution in [0.3, 0.4) is 0 Å². The number of rotatable bonds is 5. The van der Waals surface area contributed by atoms with Crippen LogP contribution < -0.4 is 10.6 Å². The zero-order valence-corrected chi connectivity index (χ0v) is 15.8. The molecule has 0 aliphatic rings. The molecule has 5 nitrogen and oxygen atoms in total. The van der Waals surface area contributed by atoms with E-state index in [2.05, 4.69) is 10.6 Å². The number of benzene rings is 2. The summed E-state index contributed by atoms with van der Waals surface area (Å²) in [6.45, 7) is 3.75. The number of hydrogen-bond acceptors (Lipinski definition) is 3. The summed E-state index contributed by atoms with van der Waals surface area (Å²) in [6, 6.07) is 16.1. The summed E-state index contributed by atoms with van der Waals surface area (Å²) in [5, 5.41) is 5.88. The molecule has 2 aromatic carbocycles. The normalized spacial score (nSPS) is 10.5. The van der Waals surface area contributed by atoms with Gasteiger partial charge in [0.05, 0.1) is 11.6 Å². The van der Waals surface area contributed by atoms with E-state index in [0.29, 0.717) is 16.3 Å². The molecule has 2 N–H and O–H groups in total. The minimum Gasteiger partial charge on any atom is -0.451 e. The summed E-state index contributed by atoms with van der Waals surface area (Å²) in [5.41, 5.74) is 3.51. The minimum atomic E-state index is -0.468. The van der Waals surface area contributed by atoms with Crippen molar-refractivity contribution in [3.8, 4) is 11.3 Å². The molecule has 2 amide bonds. The number of hydrogen-bond donors (Lipinski definition) is 2. The van der Waals surface area contributed by atoms with E-state index in [0.717, 1.165) is 16.8 Å². The fourth-order valence-electron chi connectivity index (χ4n) is 2.59. The molecule has 6 heteroatoms. The van der Waals surface area contributed by atoms with Crippen molar-refractivity contribution in [1.82, 2.24) is 5.32 Å². The highest BCUT2D eigenvalue weighted by Gasteiger charge is 2.15. The Bertz CT molecular complexity index is 995. The molecule has 0 bridgehead atoms. The topological polar surface area (TPSA) is 71.3 Å². The summed E-state index contributed by atoms with van der Waals surface area (Å²) in [4.78, 5) is 24.3. The predicted molar refractivity (Wildman–Crippen MR) is 106 cm³/mol. The van der Waals surface area contributed by atoms with Gasteiger partial charge in [-0.2, -0.15) is 0 Å². The van der Waals surface area contributed by atoms with Crippen LogP contribution in [-0.4, -0.2) is 18.4 Å². The number of halogens is 1. The molecule has 0 saturated carbocycles. The van der Waals surface area contributed by atoms with E-state index < -0.39 is 5.91 Å². The second kappa shape index (κ2) is 8.10. The molecular weight excluding hydrogens is 364 g/mol. The van der Waals surface area contributed by atoms with E-state index in [1.165, 1.54) is 0 Å². The van der Waals surface area contributed by atoms with Crippen LogP contribution in [0, 0.1) is 13.8 Å². The Morgan fingerprint density at radius 3 is 2.56 bits per heavy atom. The first kappa shape index (κ1) is 18.7. The molecule has 1 aromatic heterocycles. The van der Waals surface area contributed by atoms with E-state index in [1.807, 2.05) is 44.2 Å². The van der Waals surface area contributed by atoms with Crippen molar-refractivity contribution in [3.63, 3.8) is 0 Å². The van der Waals surface area contributed by atoms with E-state index in [4.69, 9.17) is 16.0 Å². The summed E-state index contributed by atoms with van der Waals surface area (Å²) in [7, 11) is 0. The number of nitrogens with one attached hydrogen (secondary N) is 2. The highest BCUT2D eigenvalue weighted by atomic mass is 35.5. The highest BCUT2D eigenvalue weighted by Crippen LogP contribution is 2.29. The maximum Gasteiger partial charge on any atom is 0.287 e. The summed E-state index contributed by atoms with van der Waals surface area (Å²) in [6.07, 6.45) is 0.